The monoisotopic (exact) mass is 405 g/mol. The Morgan fingerprint density at radius 1 is 1.32 bits per heavy atom. The van der Waals surface area contributed by atoms with Crippen LogP contribution in [0.25, 0.3) is 0 Å². The summed E-state index contributed by atoms with van der Waals surface area (Å²) in [4.78, 5) is 12.0. The summed E-state index contributed by atoms with van der Waals surface area (Å²) in [6.45, 7) is 2.63. The first kappa shape index (κ1) is 18.8. The molecule has 0 atom stereocenters. The molecule has 25 heavy (non-hydrogen) atoms. The molecule has 2 aromatic carbocycles. The van der Waals surface area contributed by atoms with E-state index in [9.17, 15) is 4.79 Å². The molecule has 1 amide bonds. The Kier molecular flexibility index (Phi) is 6.82. The van der Waals surface area contributed by atoms with Gasteiger partial charge in [0, 0.05) is 11.3 Å². The van der Waals surface area contributed by atoms with Gasteiger partial charge in [-0.3, -0.25) is 4.79 Å². The molecule has 0 bridgehead atoms. The minimum Gasteiger partial charge on any atom is -0.493 e. The van der Waals surface area contributed by atoms with E-state index in [2.05, 4.69) is 26.5 Å². The van der Waals surface area contributed by atoms with Crippen molar-refractivity contribution in [2.24, 2.45) is 5.10 Å². The van der Waals surface area contributed by atoms with Gasteiger partial charge in [0.25, 0.3) is 5.91 Å². The number of nitrogens with two attached hydrogens (primary N) is 1. The summed E-state index contributed by atoms with van der Waals surface area (Å²) in [5.41, 5.74) is 9.91. The number of nitrogens with one attached hydrogen (secondary N) is 1. The average molecular weight is 406 g/mol. The highest BCUT2D eigenvalue weighted by molar-refractivity contribution is 9.10. The molecule has 0 aliphatic heterocycles. The van der Waals surface area contributed by atoms with Crippen molar-refractivity contribution >= 4 is 33.7 Å². The molecule has 2 aromatic rings. The van der Waals surface area contributed by atoms with E-state index in [4.69, 9.17) is 15.2 Å². The van der Waals surface area contributed by atoms with Crippen LogP contribution < -0.4 is 20.6 Å². The zero-order valence-corrected chi connectivity index (χ0v) is 15.7. The van der Waals surface area contributed by atoms with Crippen molar-refractivity contribution in [1.29, 1.82) is 0 Å². The number of nitrogens with zero attached hydrogens (tertiary/aromatic N) is 1. The van der Waals surface area contributed by atoms with Crippen molar-refractivity contribution < 1.29 is 14.3 Å². The Morgan fingerprint density at radius 2 is 2.04 bits per heavy atom. The summed E-state index contributed by atoms with van der Waals surface area (Å²) >= 11 is 3.47. The molecule has 0 aliphatic carbocycles. The number of methoxy groups -OCH3 is 1. The summed E-state index contributed by atoms with van der Waals surface area (Å²) in [5, 5.41) is 3.98. The molecule has 3 N–H and O–H groups in total. The highest BCUT2D eigenvalue weighted by atomic mass is 79.9. The number of anilines is 1. The second-order valence-electron chi connectivity index (χ2n) is 5.20. The molecule has 0 aromatic heterocycles. The number of carbonyl (C=O) groups is 1. The standard InChI is InChI=1S/C18H20BrN3O3/c1-3-8-25-17-15(19)9-12(10-16(17)24-2)11-21-22-18(23)13-4-6-14(20)7-5-13/h4-7,9-11H,3,8,20H2,1-2H3,(H,22,23)/b21-11-. The van der Waals surface area contributed by atoms with Gasteiger partial charge in [0.1, 0.15) is 0 Å². The van der Waals surface area contributed by atoms with Crippen molar-refractivity contribution in [2.45, 2.75) is 13.3 Å². The van der Waals surface area contributed by atoms with Gasteiger partial charge in [-0.05, 0) is 64.3 Å². The Morgan fingerprint density at radius 3 is 2.68 bits per heavy atom. The van der Waals surface area contributed by atoms with Crippen LogP contribution >= 0.6 is 15.9 Å². The SMILES string of the molecule is CCCOc1c(Br)cc(/C=N\NC(=O)c2ccc(N)cc2)cc1OC. The van der Waals surface area contributed by atoms with Crippen LogP contribution in [0.2, 0.25) is 0 Å². The van der Waals surface area contributed by atoms with Gasteiger partial charge in [0.2, 0.25) is 0 Å². The van der Waals surface area contributed by atoms with Crippen molar-refractivity contribution in [3.05, 3.63) is 52.0 Å². The van der Waals surface area contributed by atoms with Crippen LogP contribution in [0, 0.1) is 0 Å². The highest BCUT2D eigenvalue weighted by Crippen LogP contribution is 2.36. The van der Waals surface area contributed by atoms with E-state index in [0.29, 0.717) is 29.4 Å². The van der Waals surface area contributed by atoms with Gasteiger partial charge >= 0.3 is 0 Å². The molecule has 6 nitrogen and oxygen atoms in total. The first-order valence-electron chi connectivity index (χ1n) is 7.74. The maximum absolute atomic E-state index is 12.0. The Labute approximate surface area is 155 Å². The lowest BCUT2D eigenvalue weighted by Crippen LogP contribution is -2.17. The topological polar surface area (TPSA) is 85.9 Å². The lowest BCUT2D eigenvalue weighted by molar-refractivity contribution is 0.0955. The predicted octanol–water partition coefficient (Wildman–Crippen LogP) is 3.59. The number of ether oxygens (including phenoxy) is 2. The van der Waals surface area contributed by atoms with E-state index < -0.39 is 0 Å². The maximum Gasteiger partial charge on any atom is 0.271 e. The van der Waals surface area contributed by atoms with Crippen LogP contribution in [0.4, 0.5) is 5.69 Å². The minimum absolute atomic E-state index is 0.315. The predicted molar refractivity (Wildman–Crippen MR) is 102 cm³/mol. The summed E-state index contributed by atoms with van der Waals surface area (Å²) in [6.07, 6.45) is 2.43. The average Bonchev–Trinajstić information content (AvgIpc) is 2.61. The molecule has 0 heterocycles. The molecule has 7 heteroatoms. The van der Waals surface area contributed by atoms with Crippen LogP contribution in [0.1, 0.15) is 29.3 Å². The first-order chi connectivity index (χ1) is 12.0. The number of benzene rings is 2. The molecule has 0 spiro atoms. The van der Waals surface area contributed by atoms with E-state index in [1.54, 1.807) is 37.4 Å². The number of hydrogen-bond acceptors (Lipinski definition) is 5. The van der Waals surface area contributed by atoms with E-state index in [1.165, 1.54) is 6.21 Å². The van der Waals surface area contributed by atoms with E-state index >= 15 is 0 Å². The van der Waals surface area contributed by atoms with Crippen LogP contribution in [-0.4, -0.2) is 25.8 Å². The van der Waals surface area contributed by atoms with Crippen molar-refractivity contribution in [2.75, 3.05) is 19.5 Å². The third-order valence-electron chi connectivity index (χ3n) is 3.25. The van der Waals surface area contributed by atoms with E-state index in [0.717, 1.165) is 16.5 Å². The van der Waals surface area contributed by atoms with Crippen molar-refractivity contribution in [1.82, 2.24) is 5.43 Å². The second kappa shape index (κ2) is 9.08. The van der Waals surface area contributed by atoms with Crippen LogP contribution in [0.3, 0.4) is 0 Å². The zero-order valence-electron chi connectivity index (χ0n) is 14.1. The number of hydrogen-bond donors (Lipinski definition) is 2. The first-order valence-corrected chi connectivity index (χ1v) is 8.53. The third kappa shape index (κ3) is 5.22. The molecule has 132 valence electrons. The molecule has 0 aliphatic rings. The molecule has 0 radical (unpaired) electrons. The lowest BCUT2D eigenvalue weighted by Gasteiger charge is -2.12. The fourth-order valence-corrected chi connectivity index (χ4v) is 2.60. The molecule has 0 unspecified atom stereocenters. The summed E-state index contributed by atoms with van der Waals surface area (Å²) in [7, 11) is 1.57. The zero-order chi connectivity index (χ0) is 18.2. The molecular formula is C18H20BrN3O3. The van der Waals surface area contributed by atoms with E-state index in [1.807, 2.05) is 13.0 Å². The molecular weight excluding hydrogens is 386 g/mol. The summed E-state index contributed by atoms with van der Waals surface area (Å²) in [5.74, 6) is 0.923. The van der Waals surface area contributed by atoms with Gasteiger partial charge in [-0.15, -0.1) is 0 Å². The number of carbonyl (C=O) groups excluding carboxylic acids is 1. The van der Waals surface area contributed by atoms with Gasteiger partial charge in [-0.25, -0.2) is 5.43 Å². The Bertz CT molecular complexity index is 761. The second-order valence-corrected chi connectivity index (χ2v) is 6.06. The van der Waals surface area contributed by atoms with Crippen LogP contribution in [0.5, 0.6) is 11.5 Å². The lowest BCUT2D eigenvalue weighted by atomic mass is 10.2. The van der Waals surface area contributed by atoms with Crippen LogP contribution in [-0.2, 0) is 0 Å². The molecule has 0 fully saturated rings. The highest BCUT2D eigenvalue weighted by Gasteiger charge is 2.11. The quantitative estimate of drug-likeness (QED) is 0.418. The molecule has 0 saturated heterocycles. The molecule has 0 saturated carbocycles. The van der Waals surface area contributed by atoms with Gasteiger partial charge < -0.3 is 15.2 Å². The fraction of sp³-hybridized carbons (Fsp3) is 0.222. The number of amides is 1. The maximum atomic E-state index is 12.0. The Hall–Kier alpha value is -2.54. The Balaban J connectivity index is 2.08. The van der Waals surface area contributed by atoms with Crippen LogP contribution in [0.15, 0.2) is 46.0 Å². The number of halogens is 1. The van der Waals surface area contributed by atoms with Gasteiger partial charge in [-0.1, -0.05) is 6.92 Å². The van der Waals surface area contributed by atoms with Gasteiger partial charge in [0.05, 0.1) is 24.4 Å². The smallest absolute Gasteiger partial charge is 0.271 e. The normalized spacial score (nSPS) is 10.7. The number of nitrogen functional groups attached to an aromatic ring is 1. The fourth-order valence-electron chi connectivity index (χ4n) is 2.02. The number of rotatable bonds is 7. The summed E-state index contributed by atoms with van der Waals surface area (Å²) in [6, 6.07) is 10.2. The largest absolute Gasteiger partial charge is 0.493 e. The molecule has 2 rings (SSSR count). The minimum atomic E-state index is -0.315. The van der Waals surface area contributed by atoms with Crippen molar-refractivity contribution in [3.63, 3.8) is 0 Å². The van der Waals surface area contributed by atoms with Gasteiger partial charge in [0.15, 0.2) is 11.5 Å². The van der Waals surface area contributed by atoms with Crippen molar-refractivity contribution in [3.8, 4) is 11.5 Å². The third-order valence-corrected chi connectivity index (χ3v) is 3.84. The number of hydrazone groups is 1. The summed E-state index contributed by atoms with van der Waals surface area (Å²) < 4.78 is 11.8. The van der Waals surface area contributed by atoms with E-state index in [-0.39, 0.29) is 5.91 Å². The van der Waals surface area contributed by atoms with Gasteiger partial charge in [-0.2, -0.15) is 5.10 Å².